The molecule has 0 saturated heterocycles. The van der Waals surface area contributed by atoms with E-state index < -0.39 is 16.0 Å². The number of esters is 1. The van der Waals surface area contributed by atoms with Gasteiger partial charge in [0, 0.05) is 18.7 Å². The maximum absolute atomic E-state index is 12.7. The van der Waals surface area contributed by atoms with Crippen LogP contribution < -0.4 is 0 Å². The second-order valence-corrected chi connectivity index (χ2v) is 8.31. The van der Waals surface area contributed by atoms with Crippen molar-refractivity contribution in [3.05, 3.63) is 70.9 Å². The van der Waals surface area contributed by atoms with Crippen molar-refractivity contribution in [1.82, 2.24) is 4.31 Å². The van der Waals surface area contributed by atoms with Gasteiger partial charge in [0.05, 0.1) is 4.90 Å². The standard InChI is InChI=1S/C21H22N2O4S/c1-4-23(5-2)28(25,26)18-11-7-10-17(14-18)20-22-19(21(24)27-20)13-16-9-6-8-15(3)12-16/h6-14H,4-5H2,1-3H3/b19-13+. The van der Waals surface area contributed by atoms with Gasteiger partial charge >= 0.3 is 5.97 Å². The van der Waals surface area contributed by atoms with Gasteiger partial charge in [-0.15, -0.1) is 0 Å². The molecule has 146 valence electrons. The van der Waals surface area contributed by atoms with E-state index in [1.807, 2.05) is 31.2 Å². The van der Waals surface area contributed by atoms with Gasteiger partial charge in [-0.3, -0.25) is 0 Å². The first-order valence-electron chi connectivity index (χ1n) is 9.05. The van der Waals surface area contributed by atoms with E-state index in [0.29, 0.717) is 18.7 Å². The van der Waals surface area contributed by atoms with E-state index in [9.17, 15) is 13.2 Å². The maximum Gasteiger partial charge on any atom is 0.363 e. The van der Waals surface area contributed by atoms with Crippen molar-refractivity contribution in [2.24, 2.45) is 4.99 Å². The highest BCUT2D eigenvalue weighted by atomic mass is 32.2. The summed E-state index contributed by atoms with van der Waals surface area (Å²) < 4.78 is 32.1. The minimum Gasteiger partial charge on any atom is -0.402 e. The van der Waals surface area contributed by atoms with E-state index in [1.54, 1.807) is 32.1 Å². The second kappa shape index (κ2) is 8.08. The van der Waals surface area contributed by atoms with E-state index >= 15 is 0 Å². The Bertz CT molecular complexity index is 1070. The van der Waals surface area contributed by atoms with Crippen LogP contribution in [0.5, 0.6) is 0 Å². The summed E-state index contributed by atoms with van der Waals surface area (Å²) >= 11 is 0. The Morgan fingerprint density at radius 2 is 1.79 bits per heavy atom. The number of sulfonamides is 1. The molecule has 0 aromatic heterocycles. The van der Waals surface area contributed by atoms with Crippen molar-refractivity contribution >= 4 is 28.0 Å². The molecule has 0 radical (unpaired) electrons. The molecular formula is C21H22N2O4S. The van der Waals surface area contributed by atoms with Gasteiger partial charge < -0.3 is 4.74 Å². The highest BCUT2D eigenvalue weighted by molar-refractivity contribution is 7.89. The average Bonchev–Trinajstić information content (AvgIpc) is 3.03. The van der Waals surface area contributed by atoms with Gasteiger partial charge in [-0.2, -0.15) is 4.31 Å². The Morgan fingerprint density at radius 1 is 1.07 bits per heavy atom. The van der Waals surface area contributed by atoms with E-state index in [1.165, 1.54) is 16.4 Å². The molecule has 3 rings (SSSR count). The lowest BCUT2D eigenvalue weighted by Gasteiger charge is -2.18. The minimum atomic E-state index is -3.61. The lowest BCUT2D eigenvalue weighted by Crippen LogP contribution is -2.30. The third-order valence-electron chi connectivity index (χ3n) is 4.39. The number of ether oxygens (including phenoxy) is 1. The van der Waals surface area contributed by atoms with Gasteiger partial charge in [0.1, 0.15) is 0 Å². The Morgan fingerprint density at radius 3 is 2.46 bits per heavy atom. The number of cyclic esters (lactones) is 1. The zero-order valence-electron chi connectivity index (χ0n) is 16.0. The molecule has 6 nitrogen and oxygen atoms in total. The summed E-state index contributed by atoms with van der Waals surface area (Å²) in [7, 11) is -3.61. The third-order valence-corrected chi connectivity index (χ3v) is 6.44. The van der Waals surface area contributed by atoms with Crippen LogP contribution in [0.3, 0.4) is 0 Å². The van der Waals surface area contributed by atoms with Crippen LogP contribution in [0.1, 0.15) is 30.5 Å². The summed E-state index contributed by atoms with van der Waals surface area (Å²) in [5.74, 6) is -0.464. The Hall–Kier alpha value is -2.77. The number of carbonyl (C=O) groups excluding carboxylic acids is 1. The molecule has 0 N–H and O–H groups in total. The maximum atomic E-state index is 12.7. The van der Waals surface area contributed by atoms with Crippen molar-refractivity contribution < 1.29 is 17.9 Å². The lowest BCUT2D eigenvalue weighted by molar-refractivity contribution is -0.129. The Labute approximate surface area is 165 Å². The van der Waals surface area contributed by atoms with E-state index in [4.69, 9.17) is 4.74 Å². The number of aliphatic imine (C=N–C) groups is 1. The summed E-state index contributed by atoms with van der Waals surface area (Å²) in [5, 5.41) is 0. The van der Waals surface area contributed by atoms with Crippen LogP contribution in [0.25, 0.3) is 6.08 Å². The molecule has 0 fully saturated rings. The van der Waals surface area contributed by atoms with Crippen LogP contribution in [0.15, 0.2) is 64.1 Å². The summed E-state index contributed by atoms with van der Waals surface area (Å²) in [6.07, 6.45) is 1.65. The largest absolute Gasteiger partial charge is 0.402 e. The molecule has 2 aromatic rings. The van der Waals surface area contributed by atoms with Crippen LogP contribution in [0.2, 0.25) is 0 Å². The molecule has 0 amide bonds. The molecule has 28 heavy (non-hydrogen) atoms. The molecule has 1 aliphatic heterocycles. The summed E-state index contributed by atoms with van der Waals surface area (Å²) in [4.78, 5) is 16.6. The number of nitrogens with zero attached hydrogens (tertiary/aromatic N) is 2. The van der Waals surface area contributed by atoms with Gasteiger partial charge in [-0.1, -0.05) is 49.7 Å². The molecule has 2 aromatic carbocycles. The zero-order chi connectivity index (χ0) is 20.3. The topological polar surface area (TPSA) is 76.0 Å². The van der Waals surface area contributed by atoms with Crippen LogP contribution in [0, 0.1) is 6.92 Å². The molecule has 1 heterocycles. The van der Waals surface area contributed by atoms with Crippen molar-refractivity contribution in [2.75, 3.05) is 13.1 Å². The van der Waals surface area contributed by atoms with Crippen LogP contribution >= 0.6 is 0 Å². The predicted octanol–water partition coefficient (Wildman–Crippen LogP) is 3.37. The molecule has 0 bridgehead atoms. The van der Waals surface area contributed by atoms with Crippen molar-refractivity contribution in [1.29, 1.82) is 0 Å². The first kappa shape index (κ1) is 20.0. The fraction of sp³-hybridized carbons (Fsp3) is 0.238. The van der Waals surface area contributed by atoms with Gasteiger partial charge in [0.25, 0.3) is 0 Å². The number of rotatable bonds is 6. The molecular weight excluding hydrogens is 376 g/mol. The number of hydrogen-bond acceptors (Lipinski definition) is 5. The number of aryl methyl sites for hydroxylation is 1. The number of benzene rings is 2. The monoisotopic (exact) mass is 398 g/mol. The quantitative estimate of drug-likeness (QED) is 0.552. The van der Waals surface area contributed by atoms with Gasteiger partial charge in [0.15, 0.2) is 5.70 Å². The molecule has 0 atom stereocenters. The first-order chi connectivity index (χ1) is 13.3. The average molecular weight is 398 g/mol. The summed E-state index contributed by atoms with van der Waals surface area (Å²) in [6.45, 7) is 6.29. The van der Waals surface area contributed by atoms with Crippen LogP contribution in [-0.2, 0) is 19.6 Å². The molecule has 0 spiro atoms. The van der Waals surface area contributed by atoms with E-state index in [0.717, 1.165) is 11.1 Å². The fourth-order valence-corrected chi connectivity index (χ4v) is 4.46. The summed E-state index contributed by atoms with van der Waals surface area (Å²) in [6, 6.07) is 14.0. The van der Waals surface area contributed by atoms with E-state index in [-0.39, 0.29) is 16.5 Å². The first-order valence-corrected chi connectivity index (χ1v) is 10.5. The smallest absolute Gasteiger partial charge is 0.363 e. The molecule has 0 unspecified atom stereocenters. The van der Waals surface area contributed by atoms with Crippen molar-refractivity contribution in [2.45, 2.75) is 25.7 Å². The van der Waals surface area contributed by atoms with Crippen LogP contribution in [0.4, 0.5) is 0 Å². The Kier molecular flexibility index (Phi) is 5.76. The normalized spacial score (nSPS) is 15.8. The molecule has 1 aliphatic rings. The molecule has 0 aliphatic carbocycles. The van der Waals surface area contributed by atoms with Crippen molar-refractivity contribution in [3.63, 3.8) is 0 Å². The lowest BCUT2D eigenvalue weighted by atomic mass is 10.1. The van der Waals surface area contributed by atoms with Gasteiger partial charge in [-0.05, 0) is 36.8 Å². The Balaban J connectivity index is 1.95. The second-order valence-electron chi connectivity index (χ2n) is 6.37. The van der Waals surface area contributed by atoms with Gasteiger partial charge in [0.2, 0.25) is 15.9 Å². The zero-order valence-corrected chi connectivity index (χ0v) is 16.9. The fourth-order valence-electron chi connectivity index (χ4n) is 2.95. The van der Waals surface area contributed by atoms with Gasteiger partial charge in [-0.25, -0.2) is 18.2 Å². The third kappa shape index (κ3) is 4.05. The molecule has 7 heteroatoms. The SMILES string of the molecule is CCN(CC)S(=O)(=O)c1cccc(C2=N/C(=C/c3cccc(C)c3)C(=O)O2)c1. The predicted molar refractivity (Wildman–Crippen MR) is 108 cm³/mol. The highest BCUT2D eigenvalue weighted by Gasteiger charge is 2.27. The van der Waals surface area contributed by atoms with Crippen LogP contribution in [-0.4, -0.2) is 37.7 Å². The number of hydrogen-bond donors (Lipinski definition) is 0. The molecule has 0 saturated carbocycles. The highest BCUT2D eigenvalue weighted by Crippen LogP contribution is 2.22. The summed E-state index contributed by atoms with van der Waals surface area (Å²) in [5.41, 5.74) is 2.53. The number of carbonyl (C=O) groups is 1. The minimum absolute atomic E-state index is 0.0977. The van der Waals surface area contributed by atoms with Crippen molar-refractivity contribution in [3.8, 4) is 0 Å². The van der Waals surface area contributed by atoms with E-state index in [2.05, 4.69) is 4.99 Å².